The summed E-state index contributed by atoms with van der Waals surface area (Å²) in [5.74, 6) is -0.302. The van der Waals surface area contributed by atoms with Crippen molar-refractivity contribution in [2.75, 3.05) is 11.9 Å². The average molecular weight is 376 g/mol. The van der Waals surface area contributed by atoms with E-state index in [1.165, 1.54) is 11.3 Å². The summed E-state index contributed by atoms with van der Waals surface area (Å²) in [5.41, 5.74) is 1.81. The molecule has 2 amide bonds. The molecule has 1 aromatic carbocycles. The minimum absolute atomic E-state index is 0.0971. The van der Waals surface area contributed by atoms with Gasteiger partial charge in [0, 0.05) is 34.5 Å². The highest BCUT2D eigenvalue weighted by Crippen LogP contribution is 2.34. The summed E-state index contributed by atoms with van der Waals surface area (Å²) in [5, 5.41) is 4.14. The van der Waals surface area contributed by atoms with Crippen LogP contribution < -0.4 is 5.32 Å². The van der Waals surface area contributed by atoms with Crippen molar-refractivity contribution >= 4 is 39.9 Å². The van der Waals surface area contributed by atoms with Crippen LogP contribution in [-0.2, 0) is 9.59 Å². The van der Waals surface area contributed by atoms with E-state index in [-0.39, 0.29) is 17.7 Å². The molecule has 2 aromatic rings. The van der Waals surface area contributed by atoms with Gasteiger partial charge in [-0.15, -0.1) is 11.3 Å². The third-order valence-electron chi connectivity index (χ3n) is 4.66. The van der Waals surface area contributed by atoms with Crippen LogP contribution in [0.4, 0.5) is 5.13 Å². The molecule has 2 heterocycles. The van der Waals surface area contributed by atoms with E-state index in [1.54, 1.807) is 0 Å². The van der Waals surface area contributed by atoms with E-state index >= 15 is 0 Å². The molecule has 4 rings (SSSR count). The van der Waals surface area contributed by atoms with Gasteiger partial charge in [-0.3, -0.25) is 9.59 Å². The molecule has 1 aliphatic heterocycles. The predicted molar refractivity (Wildman–Crippen MR) is 98.8 cm³/mol. The molecular formula is C18H18ClN3O2S. The molecule has 2 fully saturated rings. The predicted octanol–water partition coefficient (Wildman–Crippen LogP) is 3.72. The summed E-state index contributed by atoms with van der Waals surface area (Å²) in [6.07, 6.45) is 2.43. The van der Waals surface area contributed by atoms with Crippen LogP contribution in [0.2, 0.25) is 5.02 Å². The van der Waals surface area contributed by atoms with Crippen molar-refractivity contribution in [1.82, 2.24) is 9.88 Å². The number of halogens is 1. The number of benzene rings is 1. The molecule has 2 aliphatic rings. The van der Waals surface area contributed by atoms with Crippen LogP contribution in [0.5, 0.6) is 0 Å². The van der Waals surface area contributed by atoms with Crippen LogP contribution in [0.25, 0.3) is 11.3 Å². The zero-order valence-electron chi connectivity index (χ0n) is 13.8. The lowest BCUT2D eigenvalue weighted by atomic mass is 10.1. The van der Waals surface area contributed by atoms with Crippen molar-refractivity contribution in [3.8, 4) is 11.3 Å². The largest absolute Gasteiger partial charge is 0.339 e. The molecule has 0 spiro atoms. The average Bonchev–Trinajstić information content (AvgIpc) is 3.25. The number of hydrogen-bond acceptors (Lipinski definition) is 4. The standard InChI is InChI=1S/C18H18ClN3O2S/c1-10-16(11-2-4-13(19)5-3-11)20-18(25-10)21-17(24)12-8-15(23)22(9-12)14-6-7-14/h2-5,12,14H,6-9H2,1H3,(H,20,21,24). The van der Waals surface area contributed by atoms with E-state index in [1.807, 2.05) is 36.1 Å². The third kappa shape index (κ3) is 3.41. The molecule has 7 heteroatoms. The molecule has 0 bridgehead atoms. The first-order valence-corrected chi connectivity index (χ1v) is 9.54. The Hall–Kier alpha value is -1.92. The molecule has 1 saturated carbocycles. The van der Waals surface area contributed by atoms with Crippen LogP contribution in [0.3, 0.4) is 0 Å². The number of likely N-dealkylation sites (tertiary alicyclic amines) is 1. The van der Waals surface area contributed by atoms with E-state index in [2.05, 4.69) is 10.3 Å². The second-order valence-electron chi connectivity index (χ2n) is 6.60. The number of rotatable bonds is 4. The van der Waals surface area contributed by atoms with Crippen molar-refractivity contribution in [2.24, 2.45) is 5.92 Å². The highest BCUT2D eigenvalue weighted by Gasteiger charge is 2.41. The maximum atomic E-state index is 12.5. The summed E-state index contributed by atoms with van der Waals surface area (Å²) >= 11 is 7.38. The van der Waals surface area contributed by atoms with Gasteiger partial charge in [-0.1, -0.05) is 23.7 Å². The van der Waals surface area contributed by atoms with Crippen molar-refractivity contribution in [2.45, 2.75) is 32.2 Å². The van der Waals surface area contributed by atoms with Crippen molar-refractivity contribution in [3.05, 3.63) is 34.2 Å². The first-order chi connectivity index (χ1) is 12.0. The number of nitrogens with one attached hydrogen (secondary N) is 1. The summed E-state index contributed by atoms with van der Waals surface area (Å²) in [6, 6.07) is 7.84. The van der Waals surface area contributed by atoms with Crippen LogP contribution in [0.1, 0.15) is 24.1 Å². The SMILES string of the molecule is Cc1sc(NC(=O)C2CC(=O)N(C3CC3)C2)nc1-c1ccc(Cl)cc1. The number of aromatic nitrogens is 1. The summed E-state index contributed by atoms with van der Waals surface area (Å²) in [6.45, 7) is 2.51. The van der Waals surface area contributed by atoms with Crippen LogP contribution in [0.15, 0.2) is 24.3 Å². The van der Waals surface area contributed by atoms with Gasteiger partial charge in [0.25, 0.3) is 0 Å². The Morgan fingerprint density at radius 1 is 1.32 bits per heavy atom. The first kappa shape index (κ1) is 16.5. The molecule has 1 saturated heterocycles. The fourth-order valence-corrected chi connectivity index (χ4v) is 4.14. The molecular weight excluding hydrogens is 358 g/mol. The normalized spacial score (nSPS) is 20.2. The van der Waals surface area contributed by atoms with E-state index in [4.69, 9.17) is 11.6 Å². The van der Waals surface area contributed by atoms with Gasteiger partial charge in [0.15, 0.2) is 5.13 Å². The Bertz CT molecular complexity index is 829. The Balaban J connectivity index is 1.46. The Kier molecular flexibility index (Phi) is 4.25. The van der Waals surface area contributed by atoms with Crippen molar-refractivity contribution in [1.29, 1.82) is 0 Å². The quantitative estimate of drug-likeness (QED) is 0.885. The van der Waals surface area contributed by atoms with E-state index < -0.39 is 0 Å². The molecule has 1 N–H and O–H groups in total. The van der Waals surface area contributed by atoms with E-state index in [0.717, 1.165) is 29.0 Å². The summed E-state index contributed by atoms with van der Waals surface area (Å²) < 4.78 is 0. The zero-order valence-corrected chi connectivity index (χ0v) is 15.4. The Morgan fingerprint density at radius 3 is 2.72 bits per heavy atom. The van der Waals surface area contributed by atoms with Crippen molar-refractivity contribution < 1.29 is 9.59 Å². The molecule has 1 atom stereocenters. The van der Waals surface area contributed by atoms with Crippen LogP contribution >= 0.6 is 22.9 Å². The molecule has 1 aromatic heterocycles. The third-order valence-corrected chi connectivity index (χ3v) is 5.80. The first-order valence-electron chi connectivity index (χ1n) is 8.35. The number of carbonyl (C=O) groups excluding carboxylic acids is 2. The highest BCUT2D eigenvalue weighted by molar-refractivity contribution is 7.16. The number of anilines is 1. The molecule has 1 aliphatic carbocycles. The zero-order chi connectivity index (χ0) is 17.6. The second-order valence-corrected chi connectivity index (χ2v) is 8.24. The molecule has 1 unspecified atom stereocenters. The fraction of sp³-hybridized carbons (Fsp3) is 0.389. The van der Waals surface area contributed by atoms with Gasteiger partial charge in [-0.25, -0.2) is 4.98 Å². The van der Waals surface area contributed by atoms with Gasteiger partial charge in [0.1, 0.15) is 0 Å². The maximum Gasteiger partial charge on any atom is 0.231 e. The van der Waals surface area contributed by atoms with Gasteiger partial charge in [-0.2, -0.15) is 0 Å². The Morgan fingerprint density at radius 2 is 2.04 bits per heavy atom. The van der Waals surface area contributed by atoms with Gasteiger partial charge < -0.3 is 10.2 Å². The van der Waals surface area contributed by atoms with Crippen molar-refractivity contribution in [3.63, 3.8) is 0 Å². The lowest BCUT2D eigenvalue weighted by molar-refractivity contribution is -0.128. The monoisotopic (exact) mass is 375 g/mol. The lowest BCUT2D eigenvalue weighted by Crippen LogP contribution is -2.29. The second kappa shape index (κ2) is 6.42. The van der Waals surface area contributed by atoms with Crippen LogP contribution in [-0.4, -0.2) is 34.3 Å². The number of aryl methyl sites for hydroxylation is 1. The van der Waals surface area contributed by atoms with Gasteiger partial charge in [-0.05, 0) is 31.9 Å². The van der Waals surface area contributed by atoms with Crippen LogP contribution in [0, 0.1) is 12.8 Å². The lowest BCUT2D eigenvalue weighted by Gasteiger charge is -2.14. The highest BCUT2D eigenvalue weighted by atomic mass is 35.5. The number of thiazole rings is 1. The summed E-state index contributed by atoms with van der Waals surface area (Å²) in [4.78, 5) is 32.0. The molecule has 130 valence electrons. The van der Waals surface area contributed by atoms with E-state index in [0.29, 0.717) is 29.2 Å². The summed E-state index contributed by atoms with van der Waals surface area (Å²) in [7, 11) is 0. The maximum absolute atomic E-state index is 12.5. The Labute approximate surface area is 155 Å². The molecule has 25 heavy (non-hydrogen) atoms. The number of carbonyl (C=O) groups is 2. The topological polar surface area (TPSA) is 62.3 Å². The molecule has 0 radical (unpaired) electrons. The molecule has 5 nitrogen and oxygen atoms in total. The number of amides is 2. The minimum Gasteiger partial charge on any atom is -0.339 e. The fourth-order valence-electron chi connectivity index (χ4n) is 3.18. The van der Waals surface area contributed by atoms with Gasteiger partial charge >= 0.3 is 0 Å². The smallest absolute Gasteiger partial charge is 0.231 e. The van der Waals surface area contributed by atoms with Gasteiger partial charge in [0.2, 0.25) is 11.8 Å². The number of nitrogens with zero attached hydrogens (tertiary/aromatic N) is 2. The van der Waals surface area contributed by atoms with Gasteiger partial charge in [0.05, 0.1) is 11.6 Å². The minimum atomic E-state index is -0.281. The number of hydrogen-bond donors (Lipinski definition) is 1. The van der Waals surface area contributed by atoms with E-state index in [9.17, 15) is 9.59 Å².